The van der Waals surface area contributed by atoms with Crippen molar-refractivity contribution in [2.24, 2.45) is 10.9 Å². The van der Waals surface area contributed by atoms with Crippen LogP contribution in [0.4, 0.5) is 0 Å². The highest BCUT2D eigenvalue weighted by Crippen LogP contribution is 2.15. The molecule has 3 N–H and O–H groups in total. The fourth-order valence-corrected chi connectivity index (χ4v) is 3.20. The molecule has 20 heavy (non-hydrogen) atoms. The third kappa shape index (κ3) is 3.10. The normalized spacial score (nSPS) is 19.1. The summed E-state index contributed by atoms with van der Waals surface area (Å²) in [5.41, 5.74) is 5.71. The standard InChI is InChI=1S/C13H20N4O2S/c1-2-10(12(14)15-19)16-5-7-17(8-6-16)13(18)11-4-3-9-20-11/h3-4,9-10,19H,2,5-8H2,1H3,(H2,14,15). The van der Waals surface area contributed by atoms with Gasteiger partial charge in [0.2, 0.25) is 0 Å². The molecule has 1 unspecified atom stereocenters. The van der Waals surface area contributed by atoms with E-state index in [1.165, 1.54) is 11.3 Å². The molecule has 2 rings (SSSR count). The lowest BCUT2D eigenvalue weighted by molar-refractivity contribution is 0.0613. The molecule has 0 radical (unpaired) electrons. The fourth-order valence-electron chi connectivity index (χ4n) is 2.51. The maximum Gasteiger partial charge on any atom is 0.264 e. The summed E-state index contributed by atoms with van der Waals surface area (Å²) in [5, 5.41) is 13.8. The Balaban J connectivity index is 1.94. The van der Waals surface area contributed by atoms with Crippen molar-refractivity contribution in [3.63, 3.8) is 0 Å². The summed E-state index contributed by atoms with van der Waals surface area (Å²) in [6, 6.07) is 3.68. The molecule has 0 spiro atoms. The summed E-state index contributed by atoms with van der Waals surface area (Å²) in [5.74, 6) is 0.335. The quantitative estimate of drug-likeness (QED) is 0.376. The summed E-state index contributed by atoms with van der Waals surface area (Å²) >= 11 is 1.47. The highest BCUT2D eigenvalue weighted by Gasteiger charge is 2.28. The van der Waals surface area contributed by atoms with Gasteiger partial charge in [0.15, 0.2) is 5.84 Å². The van der Waals surface area contributed by atoms with Crippen molar-refractivity contribution in [2.75, 3.05) is 26.2 Å². The van der Waals surface area contributed by atoms with Crippen molar-refractivity contribution in [3.8, 4) is 0 Å². The minimum atomic E-state index is -0.0565. The highest BCUT2D eigenvalue weighted by molar-refractivity contribution is 7.12. The first-order chi connectivity index (χ1) is 9.67. The predicted molar refractivity (Wildman–Crippen MR) is 79.3 cm³/mol. The average molecular weight is 296 g/mol. The summed E-state index contributed by atoms with van der Waals surface area (Å²) in [4.78, 5) is 17.0. The van der Waals surface area contributed by atoms with Crippen LogP contribution in [-0.4, -0.2) is 59.0 Å². The fraction of sp³-hybridized carbons (Fsp3) is 0.538. The van der Waals surface area contributed by atoms with Gasteiger partial charge >= 0.3 is 0 Å². The molecule has 110 valence electrons. The molecule has 6 nitrogen and oxygen atoms in total. The molecular formula is C13H20N4O2S. The molecule has 7 heteroatoms. The van der Waals surface area contributed by atoms with Gasteiger partial charge < -0.3 is 15.8 Å². The van der Waals surface area contributed by atoms with Crippen molar-refractivity contribution in [1.29, 1.82) is 0 Å². The highest BCUT2D eigenvalue weighted by atomic mass is 32.1. The van der Waals surface area contributed by atoms with E-state index in [9.17, 15) is 4.79 Å². The van der Waals surface area contributed by atoms with Gasteiger partial charge in [-0.2, -0.15) is 0 Å². The Kier molecular flexibility index (Phi) is 4.97. The lowest BCUT2D eigenvalue weighted by Crippen LogP contribution is -2.55. The van der Waals surface area contributed by atoms with E-state index in [1.54, 1.807) is 0 Å². The Morgan fingerprint density at radius 1 is 1.50 bits per heavy atom. The number of hydrogen-bond donors (Lipinski definition) is 2. The number of nitrogens with two attached hydrogens (primary N) is 1. The van der Waals surface area contributed by atoms with Gasteiger partial charge in [-0.25, -0.2) is 0 Å². The van der Waals surface area contributed by atoms with Crippen molar-refractivity contribution < 1.29 is 10.0 Å². The molecule has 1 atom stereocenters. The van der Waals surface area contributed by atoms with Crippen molar-refractivity contribution in [3.05, 3.63) is 22.4 Å². The smallest absolute Gasteiger partial charge is 0.264 e. The molecule has 0 bridgehead atoms. The Morgan fingerprint density at radius 2 is 2.20 bits per heavy atom. The van der Waals surface area contributed by atoms with Gasteiger partial charge in [-0.3, -0.25) is 9.69 Å². The van der Waals surface area contributed by atoms with E-state index in [1.807, 2.05) is 29.3 Å². The minimum absolute atomic E-state index is 0.0565. The summed E-state index contributed by atoms with van der Waals surface area (Å²) in [7, 11) is 0. The van der Waals surface area contributed by atoms with Crippen molar-refractivity contribution in [1.82, 2.24) is 9.80 Å². The lowest BCUT2D eigenvalue weighted by Gasteiger charge is -2.38. The van der Waals surface area contributed by atoms with Crippen molar-refractivity contribution >= 4 is 23.1 Å². The Labute approximate surface area is 122 Å². The molecule has 1 aliphatic heterocycles. The zero-order valence-electron chi connectivity index (χ0n) is 11.5. The zero-order chi connectivity index (χ0) is 14.5. The molecule has 0 aromatic carbocycles. The number of amides is 1. The second-order valence-corrected chi connectivity index (χ2v) is 5.70. The second kappa shape index (κ2) is 6.71. The Hall–Kier alpha value is -1.60. The van der Waals surface area contributed by atoms with E-state index in [-0.39, 0.29) is 17.8 Å². The van der Waals surface area contributed by atoms with E-state index in [0.717, 1.165) is 24.4 Å². The third-order valence-electron chi connectivity index (χ3n) is 3.62. The molecule has 2 heterocycles. The Bertz CT molecular complexity index is 467. The molecule has 1 fully saturated rings. The molecule has 0 saturated carbocycles. The first-order valence-electron chi connectivity index (χ1n) is 6.71. The van der Waals surface area contributed by atoms with E-state index >= 15 is 0 Å². The summed E-state index contributed by atoms with van der Waals surface area (Å²) in [6.45, 7) is 4.83. The number of rotatable bonds is 4. The first kappa shape index (κ1) is 14.8. The van der Waals surface area contributed by atoms with Crippen LogP contribution >= 0.6 is 11.3 Å². The maximum atomic E-state index is 12.2. The number of nitrogens with zero attached hydrogens (tertiary/aromatic N) is 3. The second-order valence-electron chi connectivity index (χ2n) is 4.75. The Morgan fingerprint density at radius 3 is 2.70 bits per heavy atom. The summed E-state index contributed by atoms with van der Waals surface area (Å²) < 4.78 is 0. The number of amidine groups is 1. The van der Waals surface area contributed by atoms with E-state index in [2.05, 4.69) is 10.1 Å². The number of piperazine rings is 1. The van der Waals surface area contributed by atoms with Gasteiger partial charge in [-0.05, 0) is 17.9 Å². The van der Waals surface area contributed by atoms with Gasteiger partial charge in [-0.15, -0.1) is 11.3 Å². The SMILES string of the molecule is CCC(C(N)=NO)N1CCN(C(=O)c2cccs2)CC1. The van der Waals surface area contributed by atoms with Gasteiger partial charge in [0.05, 0.1) is 10.9 Å². The zero-order valence-corrected chi connectivity index (χ0v) is 12.3. The molecule has 1 aromatic rings. The van der Waals surface area contributed by atoms with Crippen LogP contribution < -0.4 is 5.73 Å². The topological polar surface area (TPSA) is 82.2 Å². The summed E-state index contributed by atoms with van der Waals surface area (Å²) in [6.07, 6.45) is 0.786. The van der Waals surface area contributed by atoms with Gasteiger partial charge in [0.25, 0.3) is 5.91 Å². The van der Waals surface area contributed by atoms with Crippen LogP contribution in [0.15, 0.2) is 22.7 Å². The van der Waals surface area contributed by atoms with Crippen LogP contribution in [0.1, 0.15) is 23.0 Å². The van der Waals surface area contributed by atoms with Gasteiger partial charge in [0.1, 0.15) is 0 Å². The maximum absolute atomic E-state index is 12.2. The molecule has 0 aliphatic carbocycles. The number of oxime groups is 1. The lowest BCUT2D eigenvalue weighted by atomic mass is 10.1. The molecule has 1 saturated heterocycles. The first-order valence-corrected chi connectivity index (χ1v) is 7.59. The van der Waals surface area contributed by atoms with Crippen LogP contribution in [0.25, 0.3) is 0 Å². The van der Waals surface area contributed by atoms with Crippen molar-refractivity contribution in [2.45, 2.75) is 19.4 Å². The van der Waals surface area contributed by atoms with Crippen LogP contribution in [0.2, 0.25) is 0 Å². The van der Waals surface area contributed by atoms with E-state index in [0.29, 0.717) is 13.1 Å². The number of thiophene rings is 1. The number of hydrogen-bond acceptors (Lipinski definition) is 5. The monoisotopic (exact) mass is 296 g/mol. The molecule has 1 amide bonds. The minimum Gasteiger partial charge on any atom is -0.409 e. The molecular weight excluding hydrogens is 276 g/mol. The van der Waals surface area contributed by atoms with Crippen LogP contribution in [-0.2, 0) is 0 Å². The molecule has 1 aliphatic rings. The van der Waals surface area contributed by atoms with Gasteiger partial charge in [0, 0.05) is 26.2 Å². The average Bonchev–Trinajstić information content (AvgIpc) is 3.02. The van der Waals surface area contributed by atoms with Gasteiger partial charge in [-0.1, -0.05) is 18.1 Å². The third-order valence-corrected chi connectivity index (χ3v) is 4.48. The predicted octanol–water partition coefficient (Wildman–Crippen LogP) is 1.03. The van der Waals surface area contributed by atoms with Crippen LogP contribution in [0.3, 0.4) is 0 Å². The molecule has 1 aromatic heterocycles. The largest absolute Gasteiger partial charge is 0.409 e. The van der Waals surface area contributed by atoms with E-state index in [4.69, 9.17) is 10.9 Å². The van der Waals surface area contributed by atoms with Crippen LogP contribution in [0, 0.1) is 0 Å². The number of carbonyl (C=O) groups is 1. The number of carbonyl (C=O) groups excluding carboxylic acids is 1. The van der Waals surface area contributed by atoms with Crippen LogP contribution in [0.5, 0.6) is 0 Å². The van der Waals surface area contributed by atoms with E-state index < -0.39 is 0 Å².